The molecule has 6 heteroatoms. The minimum atomic E-state index is -1.13. The van der Waals surface area contributed by atoms with Gasteiger partial charge in [-0.1, -0.05) is 48.5 Å². The highest BCUT2D eigenvalue weighted by Crippen LogP contribution is 2.36. The van der Waals surface area contributed by atoms with Gasteiger partial charge >= 0.3 is 11.9 Å². The van der Waals surface area contributed by atoms with E-state index in [0.29, 0.717) is 5.56 Å². The normalized spacial score (nSPS) is 10.5. The number of carbonyl (C=O) groups excluding carboxylic acids is 1. The maximum Gasteiger partial charge on any atom is 0.339 e. The molecule has 0 spiro atoms. The number of benzene rings is 4. The van der Waals surface area contributed by atoms with E-state index in [1.807, 2.05) is 84.9 Å². The van der Waals surface area contributed by atoms with Crippen molar-refractivity contribution in [1.82, 2.24) is 0 Å². The molecule has 164 valence electrons. The molecule has 0 bridgehead atoms. The Morgan fingerprint density at radius 1 is 0.727 bits per heavy atom. The molecule has 33 heavy (non-hydrogen) atoms. The highest BCUT2D eigenvalue weighted by Gasteiger charge is 2.20. The van der Waals surface area contributed by atoms with Gasteiger partial charge in [-0.05, 0) is 75.6 Å². The summed E-state index contributed by atoms with van der Waals surface area (Å²) in [4.78, 5) is 26.1. The smallest absolute Gasteiger partial charge is 0.339 e. The lowest BCUT2D eigenvalue weighted by atomic mass is 9.99. The first kappa shape index (κ1) is 22.3. The number of carboxylic acids is 1. The van der Waals surface area contributed by atoms with Crippen molar-refractivity contribution in [3.8, 4) is 11.1 Å². The van der Waals surface area contributed by atoms with Crippen LogP contribution in [0.1, 0.15) is 20.7 Å². The van der Waals surface area contributed by atoms with Gasteiger partial charge in [-0.15, -0.1) is 0 Å². The molecule has 0 aliphatic carbocycles. The quantitative estimate of drug-likeness (QED) is 0.286. The molecule has 4 aromatic rings. The number of hydrogen-bond donors (Lipinski definition) is 1. The van der Waals surface area contributed by atoms with Crippen molar-refractivity contribution in [1.29, 1.82) is 0 Å². The molecule has 5 nitrogen and oxygen atoms in total. The zero-order chi connectivity index (χ0) is 23.4. The molecule has 0 radical (unpaired) electrons. The molecule has 0 fully saturated rings. The number of aromatic carboxylic acids is 1. The molecule has 0 saturated carbocycles. The van der Waals surface area contributed by atoms with E-state index in [0.717, 1.165) is 22.6 Å². The summed E-state index contributed by atoms with van der Waals surface area (Å²) < 4.78 is 5.02. The molecule has 0 aliphatic heterocycles. The minimum absolute atomic E-state index is 0.00725. The summed E-state index contributed by atoms with van der Waals surface area (Å²) in [5.41, 5.74) is 4.51. The van der Waals surface area contributed by atoms with Crippen molar-refractivity contribution in [2.24, 2.45) is 0 Å². The van der Waals surface area contributed by atoms with E-state index < -0.39 is 11.9 Å². The molecule has 0 heterocycles. The molecule has 1 N–H and O–H groups in total. The van der Waals surface area contributed by atoms with Gasteiger partial charge in [0.2, 0.25) is 0 Å². The molecule has 0 unspecified atom stereocenters. The highest BCUT2D eigenvalue weighted by molar-refractivity contribution is 9.10. The SMILES string of the molecule is COC(=O)c1cc(-c2ccc(N(c3ccccc3)c3ccccc3)cc2)cc(C(=O)O)c1Br. The van der Waals surface area contributed by atoms with Gasteiger partial charge < -0.3 is 14.7 Å². The van der Waals surface area contributed by atoms with Gasteiger partial charge in [0.25, 0.3) is 0 Å². The number of carboxylic acid groups (broad SMARTS) is 1. The van der Waals surface area contributed by atoms with Crippen molar-refractivity contribution in [3.05, 3.63) is 113 Å². The average Bonchev–Trinajstić information content (AvgIpc) is 2.85. The lowest BCUT2D eigenvalue weighted by molar-refractivity contribution is 0.0599. The number of esters is 1. The second kappa shape index (κ2) is 9.71. The molecule has 0 aliphatic rings. The van der Waals surface area contributed by atoms with Crippen LogP contribution >= 0.6 is 15.9 Å². The molecular weight excluding hydrogens is 482 g/mol. The Morgan fingerprint density at radius 2 is 1.21 bits per heavy atom. The van der Waals surface area contributed by atoms with Gasteiger partial charge in [-0.2, -0.15) is 0 Å². The maximum atomic E-state index is 12.2. The van der Waals surface area contributed by atoms with Crippen LogP contribution in [0, 0.1) is 0 Å². The molecule has 0 atom stereocenters. The number of halogens is 1. The largest absolute Gasteiger partial charge is 0.478 e. The Labute approximate surface area is 200 Å². The Bertz CT molecular complexity index is 1250. The second-order valence-electron chi connectivity index (χ2n) is 7.24. The van der Waals surface area contributed by atoms with Gasteiger partial charge in [0.1, 0.15) is 0 Å². The zero-order valence-corrected chi connectivity index (χ0v) is 19.3. The van der Waals surface area contributed by atoms with E-state index in [1.165, 1.54) is 7.11 Å². The Kier molecular flexibility index (Phi) is 6.56. The number of anilines is 3. The first-order valence-electron chi connectivity index (χ1n) is 10.2. The topological polar surface area (TPSA) is 66.8 Å². The average molecular weight is 502 g/mol. The Morgan fingerprint density at radius 3 is 1.70 bits per heavy atom. The third-order valence-corrected chi connectivity index (χ3v) is 6.05. The molecule has 0 aromatic heterocycles. The molecule has 0 amide bonds. The lowest BCUT2D eigenvalue weighted by Gasteiger charge is -2.25. The van der Waals surface area contributed by atoms with E-state index in [1.54, 1.807) is 12.1 Å². The van der Waals surface area contributed by atoms with E-state index in [2.05, 4.69) is 20.8 Å². The minimum Gasteiger partial charge on any atom is -0.478 e. The highest BCUT2D eigenvalue weighted by atomic mass is 79.9. The number of ether oxygens (including phenoxy) is 1. The second-order valence-corrected chi connectivity index (χ2v) is 8.03. The number of hydrogen-bond acceptors (Lipinski definition) is 4. The number of nitrogens with zero attached hydrogens (tertiary/aromatic N) is 1. The number of methoxy groups -OCH3 is 1. The zero-order valence-electron chi connectivity index (χ0n) is 17.7. The fraction of sp³-hybridized carbons (Fsp3) is 0.0370. The summed E-state index contributed by atoms with van der Waals surface area (Å²) in [6, 6.07) is 31.0. The van der Waals surface area contributed by atoms with Crippen molar-refractivity contribution in [2.45, 2.75) is 0 Å². The summed E-state index contributed by atoms with van der Waals surface area (Å²) in [6.45, 7) is 0. The first-order chi connectivity index (χ1) is 16.0. The van der Waals surface area contributed by atoms with Crippen molar-refractivity contribution >= 4 is 44.9 Å². The van der Waals surface area contributed by atoms with Crippen LogP contribution in [0.25, 0.3) is 11.1 Å². The Hall–Kier alpha value is -3.90. The van der Waals surface area contributed by atoms with Gasteiger partial charge in [0.15, 0.2) is 0 Å². The summed E-state index contributed by atoms with van der Waals surface area (Å²) in [5, 5.41) is 9.60. The molecule has 4 aromatic carbocycles. The number of carbonyl (C=O) groups is 2. The van der Waals surface area contributed by atoms with Crippen molar-refractivity contribution in [2.75, 3.05) is 12.0 Å². The summed E-state index contributed by atoms with van der Waals surface area (Å²) in [7, 11) is 1.26. The van der Waals surface area contributed by atoms with Gasteiger partial charge in [-0.25, -0.2) is 9.59 Å². The van der Waals surface area contributed by atoms with E-state index in [4.69, 9.17) is 4.74 Å². The number of para-hydroxylation sites is 2. The molecular formula is C27H20BrNO4. The summed E-state index contributed by atoms with van der Waals surface area (Å²) >= 11 is 3.22. The fourth-order valence-electron chi connectivity index (χ4n) is 3.61. The van der Waals surface area contributed by atoms with Crippen LogP contribution in [0.4, 0.5) is 17.1 Å². The maximum absolute atomic E-state index is 12.2. The third-order valence-electron chi connectivity index (χ3n) is 5.20. The standard InChI is InChI=1S/C27H20BrNO4/c1-33-27(32)24-17-19(16-23(25(24)28)26(30)31)18-12-14-22(15-13-18)29(20-8-4-2-5-9-20)21-10-6-3-7-11-21/h2-17H,1H3,(H,30,31). The van der Waals surface area contributed by atoms with Crippen LogP contribution in [-0.2, 0) is 4.74 Å². The van der Waals surface area contributed by atoms with E-state index in [9.17, 15) is 14.7 Å². The van der Waals surface area contributed by atoms with Crippen LogP contribution in [-0.4, -0.2) is 24.2 Å². The van der Waals surface area contributed by atoms with Crippen LogP contribution in [0.3, 0.4) is 0 Å². The number of rotatable bonds is 6. The van der Waals surface area contributed by atoms with Crippen molar-refractivity contribution in [3.63, 3.8) is 0 Å². The van der Waals surface area contributed by atoms with E-state index in [-0.39, 0.29) is 15.6 Å². The summed E-state index contributed by atoms with van der Waals surface area (Å²) in [6.07, 6.45) is 0. The van der Waals surface area contributed by atoms with Crippen LogP contribution in [0.15, 0.2) is 102 Å². The van der Waals surface area contributed by atoms with Crippen molar-refractivity contribution < 1.29 is 19.4 Å². The van der Waals surface area contributed by atoms with Gasteiger partial charge in [-0.3, -0.25) is 0 Å². The molecule has 0 saturated heterocycles. The summed E-state index contributed by atoms with van der Waals surface area (Å²) in [5.74, 6) is -1.74. The van der Waals surface area contributed by atoms with Crippen LogP contribution in [0.5, 0.6) is 0 Å². The first-order valence-corrected chi connectivity index (χ1v) is 10.9. The molecule has 4 rings (SSSR count). The van der Waals surface area contributed by atoms with E-state index >= 15 is 0 Å². The predicted octanol–water partition coefficient (Wildman–Crippen LogP) is 7.07. The monoisotopic (exact) mass is 501 g/mol. The lowest BCUT2D eigenvalue weighted by Crippen LogP contribution is -2.09. The van der Waals surface area contributed by atoms with Gasteiger partial charge in [0.05, 0.1) is 18.2 Å². The fourth-order valence-corrected chi connectivity index (χ4v) is 4.17. The van der Waals surface area contributed by atoms with Crippen LogP contribution < -0.4 is 4.90 Å². The van der Waals surface area contributed by atoms with Gasteiger partial charge in [0, 0.05) is 21.5 Å². The predicted molar refractivity (Wildman–Crippen MR) is 133 cm³/mol. The third kappa shape index (κ3) is 4.66. The Balaban J connectivity index is 1.78. The van der Waals surface area contributed by atoms with Crippen LogP contribution in [0.2, 0.25) is 0 Å².